The first-order chi connectivity index (χ1) is 17.8. The summed E-state index contributed by atoms with van der Waals surface area (Å²) in [6, 6.07) is 37.3. The Balaban J connectivity index is 1.57. The van der Waals surface area contributed by atoms with Crippen LogP contribution in [0.1, 0.15) is 20.9 Å². The lowest BCUT2D eigenvalue weighted by molar-refractivity contribution is 0.105. The van der Waals surface area contributed by atoms with Crippen LogP contribution in [-0.4, -0.2) is 20.5 Å². The van der Waals surface area contributed by atoms with Gasteiger partial charge in [0.25, 0.3) is 0 Å². The smallest absolute Gasteiger partial charge is 0.196 e. The first kappa shape index (κ1) is 21.9. The third-order valence-corrected chi connectivity index (χ3v) is 6.98. The lowest BCUT2D eigenvalue weighted by Gasteiger charge is -2.05. The van der Waals surface area contributed by atoms with Crippen LogP contribution < -0.4 is 0 Å². The minimum absolute atomic E-state index is 0.0684. The van der Waals surface area contributed by atoms with Gasteiger partial charge in [-0.3, -0.25) is 4.79 Å². The molecule has 0 aliphatic rings. The van der Waals surface area contributed by atoms with Crippen LogP contribution in [0.15, 0.2) is 121 Å². The Morgan fingerprint density at radius 2 is 1.39 bits per heavy atom. The summed E-state index contributed by atoms with van der Waals surface area (Å²) in [6.07, 6.45) is 3.91. The van der Waals surface area contributed by atoms with Crippen molar-refractivity contribution in [3.8, 4) is 16.9 Å². The van der Waals surface area contributed by atoms with Crippen molar-refractivity contribution in [3.05, 3.63) is 138 Å². The fourth-order valence-electron chi connectivity index (χ4n) is 4.14. The fourth-order valence-corrected chi connectivity index (χ4v) is 5.12. The predicted octanol–water partition coefficient (Wildman–Crippen LogP) is 7.57. The number of para-hydroxylation sites is 2. The van der Waals surface area contributed by atoms with Gasteiger partial charge in [-0.2, -0.15) is 5.10 Å². The van der Waals surface area contributed by atoms with Crippen molar-refractivity contribution >= 4 is 39.0 Å². The molecule has 0 radical (unpaired) electrons. The van der Waals surface area contributed by atoms with Gasteiger partial charge >= 0.3 is 0 Å². The summed E-state index contributed by atoms with van der Waals surface area (Å²) in [5, 5.41) is 5.61. The summed E-state index contributed by atoms with van der Waals surface area (Å²) in [4.78, 5) is 18.6. The van der Waals surface area contributed by atoms with Gasteiger partial charge in [0.05, 0.1) is 27.2 Å². The monoisotopic (exact) mass is 483 g/mol. The van der Waals surface area contributed by atoms with Gasteiger partial charge in [0.2, 0.25) is 0 Å². The molecule has 6 aromatic rings. The SMILES string of the molecule is O=C(C(=Cc1cn(-c2ccccc2)nc1-c1ccccc1)c1nc2ccccc2s1)c1ccccc1. The number of Topliss-reactive ketones (excluding diaryl/α,β-unsaturated/α-hetero) is 1. The number of carbonyl (C=O) groups is 1. The lowest BCUT2D eigenvalue weighted by atomic mass is 10.00. The van der Waals surface area contributed by atoms with E-state index in [1.807, 2.05) is 132 Å². The van der Waals surface area contributed by atoms with Gasteiger partial charge in [-0.25, -0.2) is 9.67 Å². The van der Waals surface area contributed by atoms with Gasteiger partial charge in [-0.1, -0.05) is 91.0 Å². The molecule has 36 heavy (non-hydrogen) atoms. The molecule has 2 aromatic heterocycles. The standard InChI is InChI=1S/C31H21N3OS/c35-30(23-14-6-2-7-15-23)26(31-32-27-18-10-11-19-28(27)36-31)20-24-21-34(25-16-8-3-9-17-25)33-29(24)22-12-4-1-5-13-22/h1-21H. The molecule has 0 saturated carbocycles. The number of aromatic nitrogens is 3. The summed E-state index contributed by atoms with van der Waals surface area (Å²) in [7, 11) is 0. The van der Waals surface area contributed by atoms with Crippen LogP contribution in [0.3, 0.4) is 0 Å². The van der Waals surface area contributed by atoms with Crippen LogP contribution in [0.25, 0.3) is 38.8 Å². The van der Waals surface area contributed by atoms with Gasteiger partial charge < -0.3 is 0 Å². The molecular weight excluding hydrogens is 462 g/mol. The second kappa shape index (κ2) is 9.56. The van der Waals surface area contributed by atoms with Crippen molar-refractivity contribution in [1.82, 2.24) is 14.8 Å². The minimum atomic E-state index is -0.0684. The van der Waals surface area contributed by atoms with Crippen LogP contribution in [0.5, 0.6) is 0 Å². The van der Waals surface area contributed by atoms with Crippen LogP contribution in [0, 0.1) is 0 Å². The Labute approximate surface area is 212 Å². The van der Waals surface area contributed by atoms with E-state index >= 15 is 0 Å². The lowest BCUT2D eigenvalue weighted by Crippen LogP contribution is -2.02. The molecule has 2 heterocycles. The number of fused-ring (bicyclic) bond motifs is 1. The molecule has 0 N–H and O–H groups in total. The molecule has 0 spiro atoms. The molecule has 0 fully saturated rings. The zero-order chi connectivity index (χ0) is 24.3. The Morgan fingerprint density at radius 1 is 0.750 bits per heavy atom. The van der Waals surface area contributed by atoms with Gasteiger partial charge in [0.15, 0.2) is 5.78 Å². The van der Waals surface area contributed by atoms with Gasteiger partial charge in [-0.15, -0.1) is 11.3 Å². The average Bonchev–Trinajstić information content (AvgIpc) is 3.57. The zero-order valence-corrected chi connectivity index (χ0v) is 20.1. The normalized spacial score (nSPS) is 11.6. The molecular formula is C31H21N3OS. The maximum atomic E-state index is 13.8. The van der Waals surface area contributed by atoms with Crippen LogP contribution in [0.4, 0.5) is 0 Å². The first-order valence-electron chi connectivity index (χ1n) is 11.6. The van der Waals surface area contributed by atoms with Crippen molar-refractivity contribution < 1.29 is 4.79 Å². The molecule has 0 aliphatic heterocycles. The van der Waals surface area contributed by atoms with Crippen molar-refractivity contribution in [2.45, 2.75) is 0 Å². The van der Waals surface area contributed by atoms with E-state index in [1.165, 1.54) is 11.3 Å². The number of benzene rings is 4. The second-order valence-electron chi connectivity index (χ2n) is 8.32. The van der Waals surface area contributed by atoms with E-state index < -0.39 is 0 Å². The maximum absolute atomic E-state index is 13.8. The highest BCUT2D eigenvalue weighted by molar-refractivity contribution is 7.20. The van der Waals surface area contributed by atoms with Crippen LogP contribution in [0.2, 0.25) is 0 Å². The number of hydrogen-bond donors (Lipinski definition) is 0. The summed E-state index contributed by atoms with van der Waals surface area (Å²) in [5.41, 5.74) is 5.64. The van der Waals surface area contributed by atoms with Crippen molar-refractivity contribution in [3.63, 3.8) is 0 Å². The molecule has 0 saturated heterocycles. The van der Waals surface area contributed by atoms with Gasteiger partial charge in [0.1, 0.15) is 5.01 Å². The number of allylic oxidation sites excluding steroid dienone is 1. The molecule has 4 nitrogen and oxygen atoms in total. The molecule has 6 rings (SSSR count). The summed E-state index contributed by atoms with van der Waals surface area (Å²) in [5.74, 6) is -0.0684. The van der Waals surface area contributed by atoms with E-state index in [0.717, 1.165) is 32.7 Å². The highest BCUT2D eigenvalue weighted by Crippen LogP contribution is 2.33. The zero-order valence-electron chi connectivity index (χ0n) is 19.3. The molecule has 0 amide bonds. The van der Waals surface area contributed by atoms with Crippen molar-refractivity contribution in [2.24, 2.45) is 0 Å². The third kappa shape index (κ3) is 4.28. The van der Waals surface area contributed by atoms with E-state index in [4.69, 9.17) is 10.1 Å². The Morgan fingerprint density at radius 3 is 2.11 bits per heavy atom. The molecule has 0 bridgehead atoms. The largest absolute Gasteiger partial charge is 0.288 e. The molecule has 172 valence electrons. The number of rotatable bonds is 6. The topological polar surface area (TPSA) is 47.8 Å². The summed E-state index contributed by atoms with van der Waals surface area (Å²) >= 11 is 1.53. The average molecular weight is 484 g/mol. The number of ketones is 1. The predicted molar refractivity (Wildman–Crippen MR) is 147 cm³/mol. The highest BCUT2D eigenvalue weighted by atomic mass is 32.1. The highest BCUT2D eigenvalue weighted by Gasteiger charge is 2.20. The summed E-state index contributed by atoms with van der Waals surface area (Å²) in [6.45, 7) is 0. The number of hydrogen-bond acceptors (Lipinski definition) is 4. The quantitative estimate of drug-likeness (QED) is 0.181. The number of nitrogens with zero attached hydrogens (tertiary/aromatic N) is 3. The number of thiazole rings is 1. The second-order valence-corrected chi connectivity index (χ2v) is 9.35. The summed E-state index contributed by atoms with van der Waals surface area (Å²) < 4.78 is 2.90. The molecule has 0 atom stereocenters. The van der Waals surface area contributed by atoms with Crippen molar-refractivity contribution in [2.75, 3.05) is 0 Å². The van der Waals surface area contributed by atoms with Gasteiger partial charge in [-0.05, 0) is 30.3 Å². The Bertz CT molecular complexity index is 1650. The van der Waals surface area contributed by atoms with Crippen LogP contribution >= 0.6 is 11.3 Å². The van der Waals surface area contributed by atoms with Crippen molar-refractivity contribution in [1.29, 1.82) is 0 Å². The Kier molecular flexibility index (Phi) is 5.82. The molecule has 4 aromatic carbocycles. The molecule has 0 unspecified atom stereocenters. The number of carbonyl (C=O) groups excluding carboxylic acids is 1. The molecule has 0 aliphatic carbocycles. The fraction of sp³-hybridized carbons (Fsp3) is 0. The van der Waals surface area contributed by atoms with Gasteiger partial charge in [0, 0.05) is 22.9 Å². The van der Waals surface area contributed by atoms with E-state index in [-0.39, 0.29) is 5.78 Å². The van der Waals surface area contributed by atoms with Crippen LogP contribution in [-0.2, 0) is 0 Å². The van der Waals surface area contributed by atoms with E-state index in [1.54, 1.807) is 0 Å². The molecule has 5 heteroatoms. The maximum Gasteiger partial charge on any atom is 0.196 e. The van der Waals surface area contributed by atoms with E-state index in [0.29, 0.717) is 16.1 Å². The first-order valence-corrected chi connectivity index (χ1v) is 12.5. The van der Waals surface area contributed by atoms with E-state index in [2.05, 4.69) is 0 Å². The minimum Gasteiger partial charge on any atom is -0.288 e. The van der Waals surface area contributed by atoms with E-state index in [9.17, 15) is 4.79 Å². The Hall–Kier alpha value is -4.61. The third-order valence-electron chi connectivity index (χ3n) is 5.92.